The monoisotopic (exact) mass is 310 g/mol. The van der Waals surface area contributed by atoms with Crippen LogP contribution in [-0.2, 0) is 0 Å². The van der Waals surface area contributed by atoms with E-state index in [2.05, 4.69) is 64.3 Å². The lowest BCUT2D eigenvalue weighted by Gasteiger charge is -2.36. The SMILES string of the molecule is CC(C)C[C@H](c1ccccc1Br)N1CCNCC1. The number of nitrogens with zero attached hydrogens (tertiary/aromatic N) is 1. The van der Waals surface area contributed by atoms with Crippen LogP contribution < -0.4 is 5.32 Å². The highest BCUT2D eigenvalue weighted by Crippen LogP contribution is 2.32. The molecule has 0 aliphatic carbocycles. The van der Waals surface area contributed by atoms with E-state index in [4.69, 9.17) is 0 Å². The molecule has 0 spiro atoms. The Morgan fingerprint density at radius 2 is 1.89 bits per heavy atom. The molecule has 3 heteroatoms. The van der Waals surface area contributed by atoms with Gasteiger partial charge in [0, 0.05) is 36.7 Å². The first-order valence-electron chi connectivity index (χ1n) is 6.87. The third-order valence-electron chi connectivity index (χ3n) is 3.55. The maximum absolute atomic E-state index is 3.71. The molecule has 1 aromatic carbocycles. The minimum Gasteiger partial charge on any atom is -0.314 e. The van der Waals surface area contributed by atoms with Crippen LogP contribution in [0.25, 0.3) is 0 Å². The minimum absolute atomic E-state index is 0.544. The lowest BCUT2D eigenvalue weighted by molar-refractivity contribution is 0.153. The summed E-state index contributed by atoms with van der Waals surface area (Å²) in [5.74, 6) is 0.719. The van der Waals surface area contributed by atoms with Crippen molar-refractivity contribution in [2.24, 2.45) is 5.92 Å². The zero-order chi connectivity index (χ0) is 13.0. The van der Waals surface area contributed by atoms with Crippen molar-refractivity contribution in [1.82, 2.24) is 10.2 Å². The first-order valence-corrected chi connectivity index (χ1v) is 7.67. The smallest absolute Gasteiger partial charge is 0.0362 e. The summed E-state index contributed by atoms with van der Waals surface area (Å²) in [5, 5.41) is 3.44. The quantitative estimate of drug-likeness (QED) is 0.916. The molecule has 1 saturated heterocycles. The van der Waals surface area contributed by atoms with Crippen LogP contribution in [0.5, 0.6) is 0 Å². The summed E-state index contributed by atoms with van der Waals surface area (Å²) in [6, 6.07) is 9.21. The summed E-state index contributed by atoms with van der Waals surface area (Å²) in [6.45, 7) is 9.15. The summed E-state index contributed by atoms with van der Waals surface area (Å²) >= 11 is 3.71. The molecular formula is C15H23BrN2. The van der Waals surface area contributed by atoms with Crippen molar-refractivity contribution in [2.45, 2.75) is 26.3 Å². The highest BCUT2D eigenvalue weighted by atomic mass is 79.9. The second-order valence-electron chi connectivity index (χ2n) is 5.45. The van der Waals surface area contributed by atoms with Crippen LogP contribution in [0.2, 0.25) is 0 Å². The van der Waals surface area contributed by atoms with Crippen molar-refractivity contribution in [2.75, 3.05) is 26.2 Å². The number of hydrogen-bond acceptors (Lipinski definition) is 2. The molecule has 0 saturated carbocycles. The predicted octanol–water partition coefficient (Wildman–Crippen LogP) is 3.44. The highest BCUT2D eigenvalue weighted by Gasteiger charge is 2.24. The molecule has 1 aliphatic rings. The van der Waals surface area contributed by atoms with E-state index in [0.717, 1.165) is 32.1 Å². The minimum atomic E-state index is 0.544. The van der Waals surface area contributed by atoms with Crippen molar-refractivity contribution in [3.8, 4) is 0 Å². The Balaban J connectivity index is 2.21. The van der Waals surface area contributed by atoms with Gasteiger partial charge in [0.15, 0.2) is 0 Å². The Labute approximate surface area is 119 Å². The van der Waals surface area contributed by atoms with Crippen LogP contribution in [-0.4, -0.2) is 31.1 Å². The van der Waals surface area contributed by atoms with Gasteiger partial charge in [-0.3, -0.25) is 4.90 Å². The van der Waals surface area contributed by atoms with E-state index in [1.54, 1.807) is 0 Å². The van der Waals surface area contributed by atoms with Gasteiger partial charge in [0.2, 0.25) is 0 Å². The van der Waals surface area contributed by atoms with E-state index in [1.165, 1.54) is 16.5 Å². The Kier molecular flexibility index (Phi) is 5.22. The zero-order valence-corrected chi connectivity index (χ0v) is 12.9. The molecule has 1 fully saturated rings. The van der Waals surface area contributed by atoms with Gasteiger partial charge in [0.1, 0.15) is 0 Å². The average Bonchev–Trinajstić information content (AvgIpc) is 2.38. The van der Waals surface area contributed by atoms with Crippen molar-refractivity contribution in [3.63, 3.8) is 0 Å². The van der Waals surface area contributed by atoms with Crippen molar-refractivity contribution in [3.05, 3.63) is 34.3 Å². The molecule has 2 nitrogen and oxygen atoms in total. The normalized spacial score (nSPS) is 19.1. The number of halogens is 1. The van der Waals surface area contributed by atoms with E-state index in [9.17, 15) is 0 Å². The molecule has 2 rings (SSSR count). The van der Waals surface area contributed by atoms with Gasteiger partial charge in [-0.2, -0.15) is 0 Å². The van der Waals surface area contributed by atoms with Crippen LogP contribution in [0.4, 0.5) is 0 Å². The van der Waals surface area contributed by atoms with E-state index in [1.807, 2.05) is 0 Å². The highest BCUT2D eigenvalue weighted by molar-refractivity contribution is 9.10. The first-order chi connectivity index (χ1) is 8.68. The van der Waals surface area contributed by atoms with Crippen molar-refractivity contribution >= 4 is 15.9 Å². The molecule has 1 N–H and O–H groups in total. The van der Waals surface area contributed by atoms with Gasteiger partial charge in [-0.1, -0.05) is 48.0 Å². The third-order valence-corrected chi connectivity index (χ3v) is 4.27. The summed E-state index contributed by atoms with van der Waals surface area (Å²) in [6.07, 6.45) is 1.22. The topological polar surface area (TPSA) is 15.3 Å². The molecule has 1 aromatic rings. The Morgan fingerprint density at radius 1 is 1.22 bits per heavy atom. The summed E-state index contributed by atoms with van der Waals surface area (Å²) in [7, 11) is 0. The number of hydrogen-bond donors (Lipinski definition) is 1. The van der Waals surface area contributed by atoms with Crippen LogP contribution in [0.1, 0.15) is 31.9 Å². The van der Waals surface area contributed by atoms with Gasteiger partial charge in [0.25, 0.3) is 0 Å². The molecule has 0 unspecified atom stereocenters. The van der Waals surface area contributed by atoms with Gasteiger partial charge in [-0.15, -0.1) is 0 Å². The van der Waals surface area contributed by atoms with Crippen molar-refractivity contribution < 1.29 is 0 Å². The van der Waals surface area contributed by atoms with Crippen molar-refractivity contribution in [1.29, 1.82) is 0 Å². The van der Waals surface area contributed by atoms with E-state index in [0.29, 0.717) is 6.04 Å². The predicted molar refractivity (Wildman–Crippen MR) is 80.8 cm³/mol. The fourth-order valence-corrected chi connectivity index (χ4v) is 3.21. The van der Waals surface area contributed by atoms with Crippen LogP contribution >= 0.6 is 15.9 Å². The van der Waals surface area contributed by atoms with E-state index >= 15 is 0 Å². The van der Waals surface area contributed by atoms with E-state index in [-0.39, 0.29) is 0 Å². The maximum Gasteiger partial charge on any atom is 0.0362 e. The second kappa shape index (κ2) is 6.69. The molecule has 0 amide bonds. The van der Waals surface area contributed by atoms with Crippen LogP contribution in [0, 0.1) is 5.92 Å². The zero-order valence-electron chi connectivity index (χ0n) is 11.3. The van der Waals surface area contributed by atoms with Gasteiger partial charge < -0.3 is 5.32 Å². The molecule has 1 heterocycles. The number of nitrogens with one attached hydrogen (secondary N) is 1. The summed E-state index contributed by atoms with van der Waals surface area (Å²) < 4.78 is 1.24. The van der Waals surface area contributed by atoms with Crippen LogP contribution in [0.15, 0.2) is 28.7 Å². The molecule has 100 valence electrons. The number of benzene rings is 1. The second-order valence-corrected chi connectivity index (χ2v) is 6.31. The fourth-order valence-electron chi connectivity index (χ4n) is 2.66. The molecule has 0 radical (unpaired) electrons. The van der Waals surface area contributed by atoms with Gasteiger partial charge in [-0.25, -0.2) is 0 Å². The Morgan fingerprint density at radius 3 is 2.50 bits per heavy atom. The largest absolute Gasteiger partial charge is 0.314 e. The van der Waals surface area contributed by atoms with Gasteiger partial charge in [-0.05, 0) is 24.0 Å². The molecule has 0 aromatic heterocycles. The average molecular weight is 311 g/mol. The first kappa shape index (κ1) is 14.0. The standard InChI is InChI=1S/C15H23BrN2/c1-12(2)11-15(18-9-7-17-8-10-18)13-5-3-4-6-14(13)16/h3-6,12,15,17H,7-11H2,1-2H3/t15-/m1/s1. The Hall–Kier alpha value is -0.380. The van der Waals surface area contributed by atoms with E-state index < -0.39 is 0 Å². The lowest BCUT2D eigenvalue weighted by Crippen LogP contribution is -2.45. The third kappa shape index (κ3) is 3.56. The molecule has 1 aliphatic heterocycles. The van der Waals surface area contributed by atoms with Gasteiger partial charge in [0.05, 0.1) is 0 Å². The molecular weight excluding hydrogens is 288 g/mol. The number of rotatable bonds is 4. The summed E-state index contributed by atoms with van der Waals surface area (Å²) in [5.41, 5.74) is 1.44. The number of piperazine rings is 1. The Bertz CT molecular complexity index is 373. The molecule has 18 heavy (non-hydrogen) atoms. The molecule has 0 bridgehead atoms. The lowest BCUT2D eigenvalue weighted by atomic mass is 9.95. The summed E-state index contributed by atoms with van der Waals surface area (Å²) in [4.78, 5) is 2.62. The van der Waals surface area contributed by atoms with Gasteiger partial charge >= 0.3 is 0 Å². The molecule has 1 atom stereocenters. The van der Waals surface area contributed by atoms with Crippen LogP contribution in [0.3, 0.4) is 0 Å². The maximum atomic E-state index is 3.71. The fraction of sp³-hybridized carbons (Fsp3) is 0.600.